The number of aromatic nitrogens is 2. The van der Waals surface area contributed by atoms with E-state index >= 15 is 0 Å². The van der Waals surface area contributed by atoms with Crippen molar-refractivity contribution >= 4 is 5.91 Å². The molecule has 0 bridgehead atoms. The van der Waals surface area contributed by atoms with Gasteiger partial charge in [-0.2, -0.15) is 5.10 Å². The summed E-state index contributed by atoms with van der Waals surface area (Å²) < 4.78 is 12.9. The lowest BCUT2D eigenvalue weighted by molar-refractivity contribution is -0.137. The highest BCUT2D eigenvalue weighted by Crippen LogP contribution is 2.18. The van der Waals surface area contributed by atoms with Crippen LogP contribution in [0.1, 0.15) is 17.7 Å². The number of methoxy groups -OCH3 is 1. The summed E-state index contributed by atoms with van der Waals surface area (Å²) in [6.45, 7) is 3.88. The van der Waals surface area contributed by atoms with Gasteiger partial charge in [-0.3, -0.25) is 9.48 Å². The Kier molecular flexibility index (Phi) is 5.15. The van der Waals surface area contributed by atoms with Crippen molar-refractivity contribution in [3.05, 3.63) is 47.8 Å². The predicted octanol–water partition coefficient (Wildman–Crippen LogP) is 2.02. The zero-order valence-corrected chi connectivity index (χ0v) is 14.1. The van der Waals surface area contributed by atoms with E-state index in [1.807, 2.05) is 46.8 Å². The van der Waals surface area contributed by atoms with E-state index in [1.165, 1.54) is 0 Å². The molecule has 0 N–H and O–H groups in total. The summed E-state index contributed by atoms with van der Waals surface area (Å²) in [7, 11) is 1.66. The Balaban J connectivity index is 1.68. The van der Waals surface area contributed by atoms with Gasteiger partial charge in [-0.25, -0.2) is 0 Å². The fraction of sp³-hybridized carbons (Fsp3) is 0.444. The Morgan fingerprint density at radius 1 is 1.29 bits per heavy atom. The maximum Gasteiger partial charge on any atom is 0.261 e. The van der Waals surface area contributed by atoms with E-state index in [9.17, 15) is 4.79 Å². The lowest BCUT2D eigenvalue weighted by atomic mass is 10.2. The quantitative estimate of drug-likeness (QED) is 0.842. The zero-order chi connectivity index (χ0) is 16.9. The molecule has 2 heterocycles. The van der Waals surface area contributed by atoms with Crippen molar-refractivity contribution in [1.82, 2.24) is 14.7 Å². The standard InChI is InChI=1S/C18H23N3O3/c1-14-3-5-17(6-4-14)24-13-18(22)20-11-15-7-9-19-21(15)10-8-16(20)12-23-2/h3-7,9,16H,8,10-13H2,1-2H3. The van der Waals surface area contributed by atoms with Gasteiger partial charge in [0.1, 0.15) is 5.75 Å². The van der Waals surface area contributed by atoms with Crippen LogP contribution in [0.15, 0.2) is 36.5 Å². The summed E-state index contributed by atoms with van der Waals surface area (Å²) in [6.07, 6.45) is 2.59. The Morgan fingerprint density at radius 2 is 2.08 bits per heavy atom. The highest BCUT2D eigenvalue weighted by molar-refractivity contribution is 5.78. The SMILES string of the molecule is COCC1CCn2nccc2CN1C(=O)COc1ccc(C)cc1. The third kappa shape index (κ3) is 3.76. The average molecular weight is 329 g/mol. The van der Waals surface area contributed by atoms with Gasteiger partial charge in [0.05, 0.1) is 24.9 Å². The Hall–Kier alpha value is -2.34. The van der Waals surface area contributed by atoms with Crippen LogP contribution in [0, 0.1) is 6.92 Å². The van der Waals surface area contributed by atoms with E-state index in [0.29, 0.717) is 18.9 Å². The van der Waals surface area contributed by atoms with Crippen LogP contribution in [0.5, 0.6) is 5.75 Å². The molecule has 0 saturated heterocycles. The van der Waals surface area contributed by atoms with Crippen LogP contribution < -0.4 is 4.74 Å². The lowest BCUT2D eigenvalue weighted by Crippen LogP contribution is -2.44. The molecule has 24 heavy (non-hydrogen) atoms. The smallest absolute Gasteiger partial charge is 0.261 e. The first-order valence-electron chi connectivity index (χ1n) is 8.16. The molecule has 0 fully saturated rings. The molecule has 0 aliphatic carbocycles. The minimum atomic E-state index is -0.0349. The largest absolute Gasteiger partial charge is 0.484 e. The molecule has 1 unspecified atom stereocenters. The van der Waals surface area contributed by atoms with Gasteiger partial charge in [-0.15, -0.1) is 0 Å². The van der Waals surface area contributed by atoms with E-state index < -0.39 is 0 Å². The average Bonchev–Trinajstić information content (AvgIpc) is 2.96. The van der Waals surface area contributed by atoms with E-state index in [4.69, 9.17) is 9.47 Å². The number of aryl methyl sites for hydroxylation is 2. The number of amides is 1. The number of carbonyl (C=O) groups is 1. The van der Waals surface area contributed by atoms with Gasteiger partial charge in [-0.05, 0) is 31.5 Å². The van der Waals surface area contributed by atoms with E-state index in [2.05, 4.69) is 5.10 Å². The Bertz CT molecular complexity index is 681. The first-order valence-corrected chi connectivity index (χ1v) is 8.16. The second-order valence-electron chi connectivity index (χ2n) is 6.07. The monoisotopic (exact) mass is 329 g/mol. The van der Waals surface area contributed by atoms with Crippen LogP contribution in [0.3, 0.4) is 0 Å². The van der Waals surface area contributed by atoms with Crippen LogP contribution >= 0.6 is 0 Å². The highest BCUT2D eigenvalue weighted by Gasteiger charge is 2.28. The van der Waals surface area contributed by atoms with Crippen molar-refractivity contribution in [2.45, 2.75) is 32.5 Å². The summed E-state index contributed by atoms with van der Waals surface area (Å²) in [4.78, 5) is 14.6. The van der Waals surface area contributed by atoms with Gasteiger partial charge in [0.15, 0.2) is 6.61 Å². The minimum absolute atomic E-state index is 0.0252. The normalized spacial score (nSPS) is 17.2. The highest BCUT2D eigenvalue weighted by atomic mass is 16.5. The van der Waals surface area contributed by atoms with E-state index in [-0.39, 0.29) is 18.6 Å². The van der Waals surface area contributed by atoms with Gasteiger partial charge < -0.3 is 14.4 Å². The molecule has 0 saturated carbocycles. The number of hydrogen-bond donors (Lipinski definition) is 0. The number of ether oxygens (including phenoxy) is 2. The topological polar surface area (TPSA) is 56.6 Å². The number of benzene rings is 1. The summed E-state index contributed by atoms with van der Waals surface area (Å²) in [5.74, 6) is 0.671. The first-order chi connectivity index (χ1) is 11.7. The van der Waals surface area contributed by atoms with Gasteiger partial charge in [0.25, 0.3) is 5.91 Å². The molecule has 6 nitrogen and oxygen atoms in total. The summed E-state index contributed by atoms with van der Waals surface area (Å²) in [5.41, 5.74) is 2.20. The van der Waals surface area contributed by atoms with Crippen LogP contribution in [-0.4, -0.2) is 47.0 Å². The number of rotatable bonds is 5. The molecule has 0 spiro atoms. The molecule has 2 aromatic rings. The summed E-state index contributed by atoms with van der Waals surface area (Å²) in [5, 5.41) is 4.31. The first kappa shape index (κ1) is 16.5. The van der Waals surface area contributed by atoms with E-state index in [1.54, 1.807) is 13.3 Å². The van der Waals surface area contributed by atoms with Gasteiger partial charge in [0, 0.05) is 19.9 Å². The van der Waals surface area contributed by atoms with Crippen LogP contribution in [0.2, 0.25) is 0 Å². The van der Waals surface area contributed by atoms with Gasteiger partial charge in [-0.1, -0.05) is 17.7 Å². The third-order valence-electron chi connectivity index (χ3n) is 4.31. The van der Waals surface area contributed by atoms with Crippen molar-refractivity contribution in [3.63, 3.8) is 0 Å². The van der Waals surface area contributed by atoms with Gasteiger partial charge >= 0.3 is 0 Å². The molecule has 1 atom stereocenters. The van der Waals surface area contributed by atoms with Gasteiger partial charge in [0.2, 0.25) is 0 Å². The number of nitrogens with zero attached hydrogens (tertiary/aromatic N) is 3. The number of fused-ring (bicyclic) bond motifs is 1. The summed E-state index contributed by atoms with van der Waals surface area (Å²) >= 11 is 0. The molecule has 1 aromatic heterocycles. The molecule has 1 aromatic carbocycles. The van der Waals surface area contributed by atoms with Crippen molar-refractivity contribution in [2.75, 3.05) is 20.3 Å². The fourth-order valence-corrected chi connectivity index (χ4v) is 2.95. The summed E-state index contributed by atoms with van der Waals surface area (Å²) in [6, 6.07) is 9.69. The van der Waals surface area contributed by atoms with Crippen LogP contribution in [-0.2, 0) is 22.6 Å². The molecule has 1 aliphatic heterocycles. The molecular formula is C18H23N3O3. The predicted molar refractivity (Wildman–Crippen MR) is 89.7 cm³/mol. The number of hydrogen-bond acceptors (Lipinski definition) is 4. The van der Waals surface area contributed by atoms with E-state index in [0.717, 1.165) is 24.2 Å². The number of carbonyl (C=O) groups excluding carboxylic acids is 1. The molecule has 128 valence electrons. The molecule has 3 rings (SSSR count). The van der Waals surface area contributed by atoms with Crippen molar-refractivity contribution in [3.8, 4) is 5.75 Å². The third-order valence-corrected chi connectivity index (χ3v) is 4.31. The maximum absolute atomic E-state index is 12.7. The second-order valence-corrected chi connectivity index (χ2v) is 6.07. The van der Waals surface area contributed by atoms with Crippen molar-refractivity contribution in [2.24, 2.45) is 0 Å². The fourth-order valence-electron chi connectivity index (χ4n) is 2.95. The van der Waals surface area contributed by atoms with Crippen LogP contribution in [0.25, 0.3) is 0 Å². The molecule has 0 radical (unpaired) electrons. The lowest BCUT2D eigenvalue weighted by Gasteiger charge is -2.29. The van der Waals surface area contributed by atoms with Crippen molar-refractivity contribution < 1.29 is 14.3 Å². The molecule has 1 amide bonds. The minimum Gasteiger partial charge on any atom is -0.484 e. The molecule has 1 aliphatic rings. The Labute approximate surface area is 142 Å². The Morgan fingerprint density at radius 3 is 2.83 bits per heavy atom. The van der Waals surface area contributed by atoms with Crippen LogP contribution in [0.4, 0.5) is 0 Å². The second kappa shape index (κ2) is 7.49. The molecular weight excluding hydrogens is 306 g/mol. The van der Waals surface area contributed by atoms with Crippen molar-refractivity contribution in [1.29, 1.82) is 0 Å². The maximum atomic E-state index is 12.7. The molecule has 6 heteroatoms. The zero-order valence-electron chi connectivity index (χ0n) is 14.1.